The summed E-state index contributed by atoms with van der Waals surface area (Å²) in [7, 11) is -2.54. The quantitative estimate of drug-likeness (QED) is 0.816. The van der Waals surface area contributed by atoms with Gasteiger partial charge in [-0.15, -0.1) is 11.3 Å². The molecule has 0 amide bonds. The monoisotopic (exact) mass is 391 g/mol. The highest BCUT2D eigenvalue weighted by molar-refractivity contribution is 9.10. The summed E-state index contributed by atoms with van der Waals surface area (Å²) in [5.41, 5.74) is 0.261. The van der Waals surface area contributed by atoms with Gasteiger partial charge in [-0.1, -0.05) is 0 Å². The molecule has 0 bridgehead atoms. The molecule has 2 rings (SSSR count). The summed E-state index contributed by atoms with van der Waals surface area (Å²) in [4.78, 5) is 10.5. The Hall–Kier alpha value is -1.58. The second-order valence-corrected chi connectivity index (χ2v) is 7.29. The number of nitrogens with one attached hydrogen (secondary N) is 1. The average molecular weight is 392 g/mol. The third-order valence-corrected chi connectivity index (χ3v) is 5.66. The average Bonchev–Trinajstić information content (AvgIpc) is 2.91. The van der Waals surface area contributed by atoms with Crippen LogP contribution in [0.2, 0.25) is 0 Å². The molecular weight excluding hydrogens is 382 g/mol. The van der Waals surface area contributed by atoms with Crippen molar-refractivity contribution in [3.63, 3.8) is 0 Å². The van der Waals surface area contributed by atoms with Crippen LogP contribution in [0.25, 0.3) is 0 Å². The zero-order chi connectivity index (χ0) is 15.6. The normalized spacial score (nSPS) is 11.1. The number of carboxylic acid groups (broad SMARTS) is 1. The molecule has 0 spiro atoms. The van der Waals surface area contributed by atoms with Crippen molar-refractivity contribution in [1.82, 2.24) is 0 Å². The summed E-state index contributed by atoms with van der Waals surface area (Å²) in [6.45, 7) is 0. The largest absolute Gasteiger partial charge is 0.497 e. The van der Waals surface area contributed by atoms with Crippen molar-refractivity contribution in [2.45, 2.75) is 4.90 Å². The van der Waals surface area contributed by atoms with Gasteiger partial charge in [-0.2, -0.15) is 0 Å². The lowest BCUT2D eigenvalue weighted by Crippen LogP contribution is -2.15. The molecule has 1 aromatic heterocycles. The van der Waals surface area contributed by atoms with E-state index in [1.165, 1.54) is 24.6 Å². The molecule has 2 N–H and O–H groups in total. The van der Waals surface area contributed by atoms with Crippen molar-refractivity contribution in [2.24, 2.45) is 0 Å². The van der Waals surface area contributed by atoms with Gasteiger partial charge in [0, 0.05) is 10.5 Å². The lowest BCUT2D eigenvalue weighted by molar-refractivity contribution is 0.0698. The Bertz CT molecular complexity index is 785. The Morgan fingerprint density at radius 2 is 2.10 bits per heavy atom. The van der Waals surface area contributed by atoms with E-state index in [4.69, 9.17) is 9.84 Å². The lowest BCUT2D eigenvalue weighted by Gasteiger charge is -2.11. The summed E-state index contributed by atoms with van der Waals surface area (Å²) in [5, 5.41) is 10.4. The lowest BCUT2D eigenvalue weighted by atomic mass is 10.3. The van der Waals surface area contributed by atoms with Gasteiger partial charge in [-0.25, -0.2) is 13.2 Å². The van der Waals surface area contributed by atoms with E-state index in [0.717, 1.165) is 11.3 Å². The predicted molar refractivity (Wildman–Crippen MR) is 82.8 cm³/mol. The number of benzene rings is 1. The van der Waals surface area contributed by atoms with Gasteiger partial charge in [0.2, 0.25) is 0 Å². The Morgan fingerprint density at radius 1 is 1.38 bits per heavy atom. The molecule has 21 heavy (non-hydrogen) atoms. The van der Waals surface area contributed by atoms with E-state index in [9.17, 15) is 13.2 Å². The van der Waals surface area contributed by atoms with Crippen LogP contribution in [-0.2, 0) is 10.0 Å². The second-order valence-electron chi connectivity index (χ2n) is 3.87. The Kier molecular flexibility index (Phi) is 4.55. The van der Waals surface area contributed by atoms with Gasteiger partial charge in [0.25, 0.3) is 10.0 Å². The van der Waals surface area contributed by atoms with E-state index >= 15 is 0 Å². The van der Waals surface area contributed by atoms with Gasteiger partial charge in [0.1, 0.15) is 15.5 Å². The van der Waals surface area contributed by atoms with E-state index in [1.54, 1.807) is 12.1 Å². The van der Waals surface area contributed by atoms with Crippen LogP contribution in [0.1, 0.15) is 9.67 Å². The first-order chi connectivity index (χ1) is 9.85. The van der Waals surface area contributed by atoms with Crippen molar-refractivity contribution in [3.8, 4) is 5.75 Å². The van der Waals surface area contributed by atoms with Crippen LogP contribution in [0, 0.1) is 0 Å². The highest BCUT2D eigenvalue weighted by Gasteiger charge is 2.24. The summed E-state index contributed by atoms with van der Waals surface area (Å²) < 4.78 is 32.5. The molecule has 0 fully saturated rings. The number of hydrogen-bond donors (Lipinski definition) is 2. The van der Waals surface area contributed by atoms with Crippen molar-refractivity contribution in [2.75, 3.05) is 11.8 Å². The second kappa shape index (κ2) is 6.04. The zero-order valence-electron chi connectivity index (χ0n) is 10.7. The maximum atomic E-state index is 12.3. The van der Waals surface area contributed by atoms with Gasteiger partial charge in [0.15, 0.2) is 0 Å². The van der Waals surface area contributed by atoms with E-state index in [-0.39, 0.29) is 15.5 Å². The number of aromatic carboxylic acids is 1. The summed E-state index contributed by atoms with van der Waals surface area (Å²) in [5.74, 6) is -0.810. The molecule has 0 aliphatic rings. The molecule has 2 aromatic rings. The number of anilines is 1. The molecule has 0 unspecified atom stereocenters. The van der Waals surface area contributed by atoms with Crippen molar-refractivity contribution < 1.29 is 23.1 Å². The molecule has 6 nitrogen and oxygen atoms in total. The minimum absolute atomic E-state index is 0.235. The maximum Gasteiger partial charge on any atom is 0.347 e. The summed E-state index contributed by atoms with van der Waals surface area (Å²) in [6, 6.07) is 6.04. The first kappa shape index (κ1) is 15.8. The van der Waals surface area contributed by atoms with Gasteiger partial charge in [0.05, 0.1) is 12.8 Å². The number of methoxy groups -OCH3 is 1. The number of thiophene rings is 1. The standard InChI is InChI=1S/C12H10BrNO5S2/c1-19-7-2-3-8(13)9(6-7)14-21(17,18)10-4-5-20-11(10)12(15)16/h2-6,14H,1H3,(H,15,16). The summed E-state index contributed by atoms with van der Waals surface area (Å²) >= 11 is 4.08. The number of halogens is 1. The van der Waals surface area contributed by atoms with Gasteiger partial charge >= 0.3 is 5.97 Å². The topological polar surface area (TPSA) is 92.7 Å². The van der Waals surface area contributed by atoms with Crippen LogP contribution < -0.4 is 9.46 Å². The SMILES string of the molecule is COc1ccc(Br)c(NS(=O)(=O)c2ccsc2C(=O)O)c1. The van der Waals surface area contributed by atoms with E-state index in [0.29, 0.717) is 10.2 Å². The van der Waals surface area contributed by atoms with Gasteiger partial charge in [-0.3, -0.25) is 4.72 Å². The third-order valence-electron chi connectivity index (χ3n) is 2.53. The fraction of sp³-hybridized carbons (Fsp3) is 0.0833. The Morgan fingerprint density at radius 3 is 2.71 bits per heavy atom. The fourth-order valence-electron chi connectivity index (χ4n) is 1.57. The van der Waals surface area contributed by atoms with Crippen LogP contribution in [0.5, 0.6) is 5.75 Å². The molecule has 0 saturated heterocycles. The van der Waals surface area contributed by atoms with E-state index in [1.807, 2.05) is 0 Å². The Balaban J connectivity index is 2.42. The van der Waals surface area contributed by atoms with Crippen molar-refractivity contribution in [3.05, 3.63) is 39.0 Å². The summed E-state index contributed by atoms with van der Waals surface area (Å²) in [6.07, 6.45) is 0. The van der Waals surface area contributed by atoms with Crippen molar-refractivity contribution in [1.29, 1.82) is 0 Å². The van der Waals surface area contributed by atoms with E-state index < -0.39 is 16.0 Å². The first-order valence-electron chi connectivity index (χ1n) is 5.52. The van der Waals surface area contributed by atoms with E-state index in [2.05, 4.69) is 20.7 Å². The molecule has 0 radical (unpaired) electrons. The Labute approximate surface area is 133 Å². The number of sulfonamides is 1. The minimum Gasteiger partial charge on any atom is -0.497 e. The highest BCUT2D eigenvalue weighted by atomic mass is 79.9. The highest BCUT2D eigenvalue weighted by Crippen LogP contribution is 2.30. The first-order valence-corrected chi connectivity index (χ1v) is 8.68. The van der Waals surface area contributed by atoms with Crippen LogP contribution in [0.4, 0.5) is 5.69 Å². The number of carbonyl (C=O) groups is 1. The van der Waals surface area contributed by atoms with Gasteiger partial charge < -0.3 is 9.84 Å². The number of rotatable bonds is 5. The molecule has 0 saturated carbocycles. The predicted octanol–water partition coefficient (Wildman–Crippen LogP) is 3.02. The maximum absolute atomic E-state index is 12.3. The fourth-order valence-corrected chi connectivity index (χ4v) is 4.38. The number of carboxylic acids is 1. The molecule has 9 heteroatoms. The third kappa shape index (κ3) is 3.36. The van der Waals surface area contributed by atoms with Crippen LogP contribution >= 0.6 is 27.3 Å². The van der Waals surface area contributed by atoms with Crippen LogP contribution in [0.3, 0.4) is 0 Å². The molecule has 0 aliphatic heterocycles. The van der Waals surface area contributed by atoms with Gasteiger partial charge in [-0.05, 0) is 39.5 Å². The number of hydrogen-bond acceptors (Lipinski definition) is 5. The molecule has 1 aromatic carbocycles. The minimum atomic E-state index is -4.00. The molecular formula is C12H10BrNO5S2. The molecule has 0 atom stereocenters. The molecule has 1 heterocycles. The van der Waals surface area contributed by atoms with Crippen LogP contribution in [-0.4, -0.2) is 26.6 Å². The van der Waals surface area contributed by atoms with Crippen molar-refractivity contribution >= 4 is 48.9 Å². The van der Waals surface area contributed by atoms with Crippen LogP contribution in [0.15, 0.2) is 39.0 Å². The zero-order valence-corrected chi connectivity index (χ0v) is 13.9. The smallest absolute Gasteiger partial charge is 0.347 e. The molecule has 0 aliphatic carbocycles. The number of ether oxygens (including phenoxy) is 1. The molecule has 112 valence electrons.